The molecule has 1 unspecified atom stereocenters. The van der Waals surface area contributed by atoms with Crippen LogP contribution < -0.4 is 4.90 Å². The summed E-state index contributed by atoms with van der Waals surface area (Å²) in [5.74, 6) is 2.97. The molecule has 2 aromatic rings. The van der Waals surface area contributed by atoms with E-state index < -0.39 is 0 Å². The highest BCUT2D eigenvalue weighted by Crippen LogP contribution is 2.28. The van der Waals surface area contributed by atoms with Crippen molar-refractivity contribution in [3.8, 4) is 0 Å². The summed E-state index contributed by atoms with van der Waals surface area (Å²) in [7, 11) is 0. The topological polar surface area (TPSA) is 55.1 Å². The number of hydrogen-bond donors (Lipinski definition) is 0. The monoisotopic (exact) mass is 272 g/mol. The average Bonchev–Trinajstić information content (AvgIpc) is 2.97. The third kappa shape index (κ3) is 2.81. The number of anilines is 1. The van der Waals surface area contributed by atoms with Gasteiger partial charge < -0.3 is 9.42 Å². The molecule has 0 saturated carbocycles. The van der Waals surface area contributed by atoms with Crippen LogP contribution in [0.1, 0.15) is 43.8 Å². The fraction of sp³-hybridized carbons (Fsp3) is 0.533. The second-order valence-corrected chi connectivity index (χ2v) is 5.27. The second-order valence-electron chi connectivity index (χ2n) is 5.27. The molecule has 20 heavy (non-hydrogen) atoms. The Hall–Kier alpha value is -1.91. The summed E-state index contributed by atoms with van der Waals surface area (Å²) in [6, 6.07) is 6.02. The van der Waals surface area contributed by atoms with Gasteiger partial charge in [0.2, 0.25) is 5.89 Å². The number of aryl methyl sites for hydroxylation is 1. The van der Waals surface area contributed by atoms with E-state index in [1.807, 2.05) is 18.3 Å². The molecule has 106 valence electrons. The van der Waals surface area contributed by atoms with Gasteiger partial charge in [-0.1, -0.05) is 18.1 Å². The molecule has 2 aromatic heterocycles. The highest BCUT2D eigenvalue weighted by Gasteiger charge is 2.26. The van der Waals surface area contributed by atoms with E-state index in [1.165, 1.54) is 0 Å². The van der Waals surface area contributed by atoms with Crippen LogP contribution in [-0.2, 0) is 6.42 Å². The zero-order valence-corrected chi connectivity index (χ0v) is 11.8. The Balaban J connectivity index is 1.71. The van der Waals surface area contributed by atoms with Crippen LogP contribution in [-0.4, -0.2) is 28.2 Å². The predicted molar refractivity (Wildman–Crippen MR) is 76.7 cm³/mol. The molecular weight excluding hydrogens is 252 g/mol. The van der Waals surface area contributed by atoms with Gasteiger partial charge in [0, 0.05) is 25.7 Å². The average molecular weight is 272 g/mol. The van der Waals surface area contributed by atoms with Gasteiger partial charge >= 0.3 is 0 Å². The van der Waals surface area contributed by atoms with Gasteiger partial charge in [0.25, 0.3) is 0 Å². The van der Waals surface area contributed by atoms with Gasteiger partial charge in [0.05, 0.1) is 5.92 Å². The first-order valence-electron chi connectivity index (χ1n) is 7.35. The van der Waals surface area contributed by atoms with Gasteiger partial charge in [0.1, 0.15) is 5.82 Å². The van der Waals surface area contributed by atoms with Crippen LogP contribution in [0.4, 0.5) is 5.82 Å². The van der Waals surface area contributed by atoms with Crippen molar-refractivity contribution in [2.75, 3.05) is 18.0 Å². The molecule has 3 rings (SSSR count). The Kier molecular flexibility index (Phi) is 3.95. The summed E-state index contributed by atoms with van der Waals surface area (Å²) in [6.07, 6.45) is 6.01. The Morgan fingerprint density at radius 1 is 1.40 bits per heavy atom. The van der Waals surface area contributed by atoms with Gasteiger partial charge in [-0.2, -0.15) is 4.98 Å². The van der Waals surface area contributed by atoms with Crippen molar-refractivity contribution in [1.29, 1.82) is 0 Å². The lowest BCUT2D eigenvalue weighted by Gasteiger charge is -2.31. The minimum Gasteiger partial charge on any atom is -0.356 e. The Morgan fingerprint density at radius 2 is 2.35 bits per heavy atom. The van der Waals surface area contributed by atoms with Crippen molar-refractivity contribution < 1.29 is 4.52 Å². The van der Waals surface area contributed by atoms with Crippen molar-refractivity contribution in [2.24, 2.45) is 0 Å². The van der Waals surface area contributed by atoms with Crippen LogP contribution in [0.2, 0.25) is 0 Å². The van der Waals surface area contributed by atoms with E-state index in [-0.39, 0.29) is 0 Å². The second kappa shape index (κ2) is 6.03. The minimum atomic E-state index is 0.323. The molecule has 1 fully saturated rings. The number of rotatable bonds is 4. The zero-order valence-electron chi connectivity index (χ0n) is 11.8. The van der Waals surface area contributed by atoms with E-state index in [9.17, 15) is 0 Å². The van der Waals surface area contributed by atoms with E-state index in [2.05, 4.69) is 33.0 Å². The molecule has 1 aliphatic rings. The third-order valence-corrected chi connectivity index (χ3v) is 3.70. The molecular formula is C15H20N4O. The zero-order chi connectivity index (χ0) is 13.8. The molecule has 1 saturated heterocycles. The first kappa shape index (κ1) is 13.1. The van der Waals surface area contributed by atoms with Crippen LogP contribution in [0.3, 0.4) is 0 Å². The smallest absolute Gasteiger partial charge is 0.231 e. The summed E-state index contributed by atoms with van der Waals surface area (Å²) in [4.78, 5) is 11.3. The predicted octanol–water partition coefficient (Wildman–Crippen LogP) is 2.80. The van der Waals surface area contributed by atoms with E-state index >= 15 is 0 Å². The van der Waals surface area contributed by atoms with E-state index in [0.717, 1.165) is 56.3 Å². The summed E-state index contributed by atoms with van der Waals surface area (Å²) < 4.78 is 5.43. The maximum Gasteiger partial charge on any atom is 0.231 e. The summed E-state index contributed by atoms with van der Waals surface area (Å²) in [5.41, 5.74) is 0. The number of aromatic nitrogens is 3. The van der Waals surface area contributed by atoms with Gasteiger partial charge in [-0.3, -0.25) is 0 Å². The molecule has 1 atom stereocenters. The van der Waals surface area contributed by atoms with Gasteiger partial charge in [0.15, 0.2) is 5.82 Å². The van der Waals surface area contributed by atoms with Crippen LogP contribution in [0.5, 0.6) is 0 Å². The van der Waals surface area contributed by atoms with Crippen molar-refractivity contribution >= 4 is 5.82 Å². The maximum absolute atomic E-state index is 5.43. The van der Waals surface area contributed by atoms with Crippen molar-refractivity contribution in [1.82, 2.24) is 15.1 Å². The Labute approximate surface area is 119 Å². The normalized spacial score (nSPS) is 19.2. The van der Waals surface area contributed by atoms with Gasteiger partial charge in [-0.25, -0.2) is 4.98 Å². The van der Waals surface area contributed by atoms with Crippen LogP contribution >= 0.6 is 0 Å². The SMILES string of the molecule is CCCc1noc(C2CCCN(c3ccccn3)C2)n1. The standard InChI is InChI=1S/C15H20N4O/c1-2-6-13-17-15(20-18-13)12-7-5-10-19(11-12)14-8-3-4-9-16-14/h3-4,8-9,12H,2,5-7,10-11H2,1H3. The van der Waals surface area contributed by atoms with Crippen LogP contribution in [0, 0.1) is 0 Å². The molecule has 0 radical (unpaired) electrons. The van der Waals surface area contributed by atoms with Crippen molar-refractivity contribution in [3.05, 3.63) is 36.1 Å². The molecule has 0 spiro atoms. The first-order chi connectivity index (χ1) is 9.86. The molecule has 1 aliphatic heterocycles. The molecule has 5 heteroatoms. The lowest BCUT2D eigenvalue weighted by Crippen LogP contribution is -2.35. The molecule has 0 aromatic carbocycles. The highest BCUT2D eigenvalue weighted by atomic mass is 16.5. The maximum atomic E-state index is 5.43. The molecule has 0 aliphatic carbocycles. The summed E-state index contributed by atoms with van der Waals surface area (Å²) in [6.45, 7) is 4.08. The van der Waals surface area contributed by atoms with E-state index in [4.69, 9.17) is 4.52 Å². The molecule has 0 amide bonds. The molecule has 3 heterocycles. The quantitative estimate of drug-likeness (QED) is 0.856. The number of hydrogen-bond acceptors (Lipinski definition) is 5. The molecule has 5 nitrogen and oxygen atoms in total. The molecule has 0 N–H and O–H groups in total. The lowest BCUT2D eigenvalue weighted by atomic mass is 9.98. The van der Waals surface area contributed by atoms with E-state index in [0.29, 0.717) is 5.92 Å². The van der Waals surface area contributed by atoms with Crippen molar-refractivity contribution in [2.45, 2.75) is 38.5 Å². The summed E-state index contributed by atoms with van der Waals surface area (Å²) in [5, 5.41) is 4.06. The minimum absolute atomic E-state index is 0.323. The number of pyridine rings is 1. The fourth-order valence-electron chi connectivity index (χ4n) is 2.69. The number of piperidine rings is 1. The van der Waals surface area contributed by atoms with Crippen molar-refractivity contribution in [3.63, 3.8) is 0 Å². The van der Waals surface area contributed by atoms with Gasteiger partial charge in [-0.05, 0) is 31.4 Å². The lowest BCUT2D eigenvalue weighted by molar-refractivity contribution is 0.330. The van der Waals surface area contributed by atoms with Crippen LogP contribution in [0.15, 0.2) is 28.9 Å². The Bertz CT molecular complexity index is 540. The van der Waals surface area contributed by atoms with Gasteiger partial charge in [-0.15, -0.1) is 0 Å². The largest absolute Gasteiger partial charge is 0.356 e. The highest BCUT2D eigenvalue weighted by molar-refractivity contribution is 5.38. The molecule has 0 bridgehead atoms. The third-order valence-electron chi connectivity index (χ3n) is 3.70. The summed E-state index contributed by atoms with van der Waals surface area (Å²) >= 11 is 0. The first-order valence-corrected chi connectivity index (χ1v) is 7.35. The van der Waals surface area contributed by atoms with E-state index in [1.54, 1.807) is 0 Å². The van der Waals surface area contributed by atoms with Crippen LogP contribution in [0.25, 0.3) is 0 Å². The Morgan fingerprint density at radius 3 is 3.15 bits per heavy atom. The fourth-order valence-corrected chi connectivity index (χ4v) is 2.69. The number of nitrogens with zero attached hydrogens (tertiary/aromatic N) is 4.